The van der Waals surface area contributed by atoms with Crippen LogP contribution in [0.5, 0.6) is 0 Å². The van der Waals surface area contributed by atoms with E-state index in [2.05, 4.69) is 16.0 Å². The number of hydrogen-bond donors (Lipinski definition) is 1. The molecular formula is C25H19N5O. The Morgan fingerprint density at radius 3 is 2.48 bits per heavy atom. The molecule has 5 rings (SSSR count). The van der Waals surface area contributed by atoms with Crippen LogP contribution < -0.4 is 5.69 Å². The Labute approximate surface area is 178 Å². The average molecular weight is 405 g/mol. The number of imidazole rings is 2. The lowest BCUT2D eigenvalue weighted by atomic mass is 10.0. The Bertz CT molecular complexity index is 1530. The third-order valence-electron chi connectivity index (χ3n) is 5.46. The van der Waals surface area contributed by atoms with E-state index in [1.165, 1.54) is 0 Å². The van der Waals surface area contributed by atoms with Crippen molar-refractivity contribution in [2.75, 3.05) is 0 Å². The van der Waals surface area contributed by atoms with E-state index in [1.54, 1.807) is 16.2 Å². The van der Waals surface area contributed by atoms with Gasteiger partial charge in [0.15, 0.2) is 0 Å². The fraction of sp³-hybridized carbons (Fsp3) is 0.0800. The molecule has 1 N–H and O–H groups in total. The first kappa shape index (κ1) is 18.6. The molecule has 0 radical (unpaired) electrons. The van der Waals surface area contributed by atoms with Crippen LogP contribution in [0.3, 0.4) is 0 Å². The first-order chi connectivity index (χ1) is 15.1. The molecule has 2 heterocycles. The fourth-order valence-corrected chi connectivity index (χ4v) is 3.96. The van der Waals surface area contributed by atoms with Crippen LogP contribution in [-0.4, -0.2) is 19.1 Å². The highest BCUT2D eigenvalue weighted by molar-refractivity contribution is 5.87. The predicted octanol–water partition coefficient (Wildman–Crippen LogP) is 4.57. The molecule has 6 nitrogen and oxygen atoms in total. The Morgan fingerprint density at radius 1 is 0.935 bits per heavy atom. The number of aromatic amines is 1. The summed E-state index contributed by atoms with van der Waals surface area (Å²) < 4.78 is 3.34. The minimum absolute atomic E-state index is 0.111. The van der Waals surface area contributed by atoms with E-state index in [1.807, 2.05) is 79.7 Å². The number of hydrogen-bond acceptors (Lipinski definition) is 3. The Kier molecular flexibility index (Phi) is 4.30. The summed E-state index contributed by atoms with van der Waals surface area (Å²) in [6.07, 6.45) is 0. The third-order valence-corrected chi connectivity index (χ3v) is 5.46. The van der Waals surface area contributed by atoms with Crippen molar-refractivity contribution in [2.45, 2.75) is 6.92 Å². The molecule has 0 saturated heterocycles. The Hall–Kier alpha value is -4.37. The van der Waals surface area contributed by atoms with E-state index in [4.69, 9.17) is 0 Å². The predicted molar refractivity (Wildman–Crippen MR) is 121 cm³/mol. The maximum Gasteiger partial charge on any atom is 0.333 e. The molecule has 0 aliphatic carbocycles. The number of fused-ring (bicyclic) bond motifs is 1. The summed E-state index contributed by atoms with van der Waals surface area (Å²) in [6, 6.07) is 25.6. The molecule has 0 unspecified atom stereocenters. The quantitative estimate of drug-likeness (QED) is 0.478. The zero-order valence-electron chi connectivity index (χ0n) is 17.1. The number of nitrogens with one attached hydrogen (secondary N) is 1. The van der Waals surface area contributed by atoms with Gasteiger partial charge in [-0.05, 0) is 37.3 Å². The van der Waals surface area contributed by atoms with Gasteiger partial charge in [-0.3, -0.25) is 9.13 Å². The molecule has 150 valence electrons. The molecule has 6 heteroatoms. The molecule has 0 bridgehead atoms. The summed E-state index contributed by atoms with van der Waals surface area (Å²) in [7, 11) is 1.77. The lowest BCUT2D eigenvalue weighted by molar-refractivity contribution is 0.846. The van der Waals surface area contributed by atoms with Crippen LogP contribution in [0.25, 0.3) is 39.2 Å². The molecule has 0 saturated carbocycles. The Morgan fingerprint density at radius 2 is 1.74 bits per heavy atom. The van der Waals surface area contributed by atoms with Crippen molar-refractivity contribution in [2.24, 2.45) is 7.05 Å². The smallest absolute Gasteiger partial charge is 0.329 e. The summed E-state index contributed by atoms with van der Waals surface area (Å²) in [4.78, 5) is 20.6. The number of benzene rings is 3. The molecular weight excluding hydrogens is 386 g/mol. The van der Waals surface area contributed by atoms with Gasteiger partial charge >= 0.3 is 5.69 Å². The highest BCUT2D eigenvalue weighted by Crippen LogP contribution is 2.32. The van der Waals surface area contributed by atoms with Crippen LogP contribution in [-0.2, 0) is 7.05 Å². The second-order valence-corrected chi connectivity index (χ2v) is 7.51. The molecule has 3 aromatic carbocycles. The van der Waals surface area contributed by atoms with E-state index < -0.39 is 0 Å². The van der Waals surface area contributed by atoms with Gasteiger partial charge in [0.1, 0.15) is 6.07 Å². The highest BCUT2D eigenvalue weighted by Gasteiger charge is 2.18. The minimum atomic E-state index is -0.111. The fourth-order valence-electron chi connectivity index (χ4n) is 3.96. The maximum atomic E-state index is 13.0. The van der Waals surface area contributed by atoms with E-state index in [0.29, 0.717) is 5.69 Å². The zero-order chi connectivity index (χ0) is 21.5. The SMILES string of the molecule is Cc1cccc(-c2nc(C#N)[nH]c2-c2ccc3c(c2)n(C)c(=O)n3-c2ccccc2)c1. The molecule has 0 spiro atoms. The first-order valence-corrected chi connectivity index (χ1v) is 9.91. The van der Waals surface area contributed by atoms with Gasteiger partial charge in [0.05, 0.1) is 28.1 Å². The van der Waals surface area contributed by atoms with Crippen molar-refractivity contribution in [1.82, 2.24) is 19.1 Å². The summed E-state index contributed by atoms with van der Waals surface area (Å²) in [6.45, 7) is 2.02. The van der Waals surface area contributed by atoms with Crippen molar-refractivity contribution >= 4 is 11.0 Å². The van der Waals surface area contributed by atoms with Crippen LogP contribution in [0.15, 0.2) is 77.6 Å². The van der Waals surface area contributed by atoms with Crippen LogP contribution in [0.1, 0.15) is 11.4 Å². The van der Waals surface area contributed by atoms with Gasteiger partial charge in [0.25, 0.3) is 0 Å². The van der Waals surface area contributed by atoms with E-state index in [9.17, 15) is 10.1 Å². The van der Waals surface area contributed by atoms with Crippen molar-refractivity contribution in [1.29, 1.82) is 5.26 Å². The second-order valence-electron chi connectivity index (χ2n) is 7.51. The van der Waals surface area contributed by atoms with E-state index >= 15 is 0 Å². The van der Waals surface area contributed by atoms with Crippen LogP contribution >= 0.6 is 0 Å². The number of aromatic nitrogens is 4. The van der Waals surface area contributed by atoms with Gasteiger partial charge in [0.2, 0.25) is 5.82 Å². The van der Waals surface area contributed by atoms with Crippen LogP contribution in [0.2, 0.25) is 0 Å². The number of rotatable bonds is 3. The van der Waals surface area contributed by atoms with Crippen LogP contribution in [0, 0.1) is 18.3 Å². The molecule has 0 fully saturated rings. The lowest BCUT2D eigenvalue weighted by Crippen LogP contribution is -2.20. The molecule has 0 amide bonds. The molecule has 0 aliphatic heterocycles. The number of nitriles is 1. The standard InChI is InChI=1S/C25H19N5O/c1-16-7-6-8-17(13-16)23-24(28-22(15-26)27-23)18-11-12-20-21(14-18)29(2)25(31)30(20)19-9-4-3-5-10-19/h3-14H,1-2H3,(H,27,28). The maximum absolute atomic E-state index is 13.0. The van der Waals surface area contributed by atoms with Crippen molar-refractivity contribution in [3.05, 3.63) is 94.7 Å². The van der Waals surface area contributed by atoms with Crippen molar-refractivity contribution < 1.29 is 0 Å². The van der Waals surface area contributed by atoms with Crippen molar-refractivity contribution in [3.63, 3.8) is 0 Å². The van der Waals surface area contributed by atoms with Gasteiger partial charge in [0, 0.05) is 18.2 Å². The van der Waals surface area contributed by atoms with Gasteiger partial charge in [-0.2, -0.15) is 5.26 Å². The Balaban J connectivity index is 1.73. The second kappa shape index (κ2) is 7.15. The van der Waals surface area contributed by atoms with Gasteiger partial charge in [-0.15, -0.1) is 0 Å². The summed E-state index contributed by atoms with van der Waals surface area (Å²) in [5.74, 6) is 0.252. The summed E-state index contributed by atoms with van der Waals surface area (Å²) in [5.41, 5.74) is 6.70. The first-order valence-electron chi connectivity index (χ1n) is 9.91. The molecule has 5 aromatic rings. The summed E-state index contributed by atoms with van der Waals surface area (Å²) >= 11 is 0. The number of H-pyrrole nitrogens is 1. The third kappa shape index (κ3) is 3.04. The monoisotopic (exact) mass is 405 g/mol. The van der Waals surface area contributed by atoms with Crippen LogP contribution in [0.4, 0.5) is 0 Å². The topological polar surface area (TPSA) is 79.4 Å². The minimum Gasteiger partial charge on any atom is -0.329 e. The normalized spacial score (nSPS) is 11.0. The van der Waals surface area contributed by atoms with E-state index in [0.717, 1.165) is 39.1 Å². The number of para-hydroxylation sites is 1. The lowest BCUT2D eigenvalue weighted by Gasteiger charge is -2.06. The molecule has 31 heavy (non-hydrogen) atoms. The van der Waals surface area contributed by atoms with E-state index in [-0.39, 0.29) is 11.5 Å². The van der Waals surface area contributed by atoms with Crippen molar-refractivity contribution in [3.8, 4) is 34.3 Å². The summed E-state index contributed by atoms with van der Waals surface area (Å²) in [5, 5.41) is 9.41. The number of nitrogens with zero attached hydrogens (tertiary/aromatic N) is 4. The van der Waals surface area contributed by atoms with Gasteiger partial charge in [-0.25, -0.2) is 9.78 Å². The molecule has 0 atom stereocenters. The molecule has 2 aromatic heterocycles. The largest absolute Gasteiger partial charge is 0.333 e. The zero-order valence-corrected chi connectivity index (χ0v) is 17.1. The number of aryl methyl sites for hydroxylation is 2. The average Bonchev–Trinajstić information content (AvgIpc) is 3.34. The molecule has 0 aliphatic rings. The van der Waals surface area contributed by atoms with Gasteiger partial charge in [-0.1, -0.05) is 48.0 Å². The van der Waals surface area contributed by atoms with Gasteiger partial charge < -0.3 is 4.98 Å². The highest BCUT2D eigenvalue weighted by atomic mass is 16.1.